The van der Waals surface area contributed by atoms with E-state index in [1.54, 1.807) is 0 Å². The molecule has 1 aliphatic carbocycles. The monoisotopic (exact) mass is 169 g/mol. The van der Waals surface area contributed by atoms with Crippen molar-refractivity contribution in [2.75, 3.05) is 6.61 Å². The summed E-state index contributed by atoms with van der Waals surface area (Å²) in [5.41, 5.74) is -0.0185. The van der Waals surface area contributed by atoms with Crippen molar-refractivity contribution in [1.29, 1.82) is 0 Å². The summed E-state index contributed by atoms with van der Waals surface area (Å²) in [5.74, 6) is 0.661. The summed E-state index contributed by atoms with van der Waals surface area (Å²) in [5, 5.41) is 2.96. The Kier molecular flexibility index (Phi) is 1.74. The van der Waals surface area contributed by atoms with Crippen molar-refractivity contribution in [2.45, 2.75) is 38.1 Å². The van der Waals surface area contributed by atoms with E-state index >= 15 is 0 Å². The van der Waals surface area contributed by atoms with Gasteiger partial charge in [-0.2, -0.15) is 0 Å². The van der Waals surface area contributed by atoms with Gasteiger partial charge < -0.3 is 10.1 Å². The Hall–Kier alpha value is -0.730. The van der Waals surface area contributed by atoms with E-state index in [9.17, 15) is 4.79 Å². The fraction of sp³-hybridized carbons (Fsp3) is 0.889. The van der Waals surface area contributed by atoms with Gasteiger partial charge in [0.2, 0.25) is 0 Å². The molecule has 2 rings (SSSR count). The Labute approximate surface area is 72.5 Å². The number of nitrogens with one attached hydrogen (secondary N) is 1. The molecule has 1 heterocycles. The molecule has 1 saturated heterocycles. The fourth-order valence-corrected chi connectivity index (χ4v) is 2.13. The van der Waals surface area contributed by atoms with Crippen molar-refractivity contribution < 1.29 is 9.53 Å². The smallest absolute Gasteiger partial charge is 0.407 e. The summed E-state index contributed by atoms with van der Waals surface area (Å²) in [4.78, 5) is 10.9. The largest absolute Gasteiger partial charge is 0.447 e. The second-order valence-corrected chi connectivity index (χ2v) is 3.84. The summed E-state index contributed by atoms with van der Waals surface area (Å²) in [6.07, 6.45) is 4.56. The van der Waals surface area contributed by atoms with Crippen LogP contribution in [0.15, 0.2) is 0 Å². The average Bonchev–Trinajstić information content (AvgIpc) is 2.30. The first-order valence-corrected chi connectivity index (χ1v) is 4.72. The summed E-state index contributed by atoms with van der Waals surface area (Å²) >= 11 is 0. The first-order chi connectivity index (χ1) is 5.77. The number of ether oxygens (including phenoxy) is 1. The standard InChI is InChI=1S/C9H15NO2/c1-2-9(7-4-3-5-7)6-12-8(11)10-9/h7H,2-6H2,1H3,(H,10,11). The van der Waals surface area contributed by atoms with Crippen LogP contribution in [0.4, 0.5) is 4.79 Å². The fourth-order valence-electron chi connectivity index (χ4n) is 2.13. The van der Waals surface area contributed by atoms with Gasteiger partial charge in [0.1, 0.15) is 6.61 Å². The Balaban J connectivity index is 2.08. The zero-order valence-electron chi connectivity index (χ0n) is 7.43. The van der Waals surface area contributed by atoms with Crippen LogP contribution in [0.25, 0.3) is 0 Å². The Morgan fingerprint density at radius 2 is 2.42 bits per heavy atom. The number of amides is 1. The van der Waals surface area contributed by atoms with Crippen molar-refractivity contribution in [3.05, 3.63) is 0 Å². The molecule has 3 nitrogen and oxygen atoms in total. The number of hydrogen-bond donors (Lipinski definition) is 1. The highest BCUT2D eigenvalue weighted by molar-refractivity contribution is 5.70. The van der Waals surface area contributed by atoms with Gasteiger partial charge in [-0.05, 0) is 25.2 Å². The van der Waals surface area contributed by atoms with Crippen LogP contribution in [-0.2, 0) is 4.74 Å². The van der Waals surface area contributed by atoms with Gasteiger partial charge >= 0.3 is 6.09 Å². The molecule has 0 radical (unpaired) electrons. The third kappa shape index (κ3) is 0.993. The molecule has 0 bridgehead atoms. The summed E-state index contributed by atoms with van der Waals surface area (Å²) < 4.78 is 4.97. The normalized spacial score (nSPS) is 35.6. The van der Waals surface area contributed by atoms with Gasteiger partial charge in [-0.15, -0.1) is 0 Å². The zero-order chi connectivity index (χ0) is 8.60. The quantitative estimate of drug-likeness (QED) is 0.683. The lowest BCUT2D eigenvalue weighted by molar-refractivity contribution is 0.116. The molecule has 1 aliphatic heterocycles. The van der Waals surface area contributed by atoms with Crippen molar-refractivity contribution in [1.82, 2.24) is 5.32 Å². The number of rotatable bonds is 2. The van der Waals surface area contributed by atoms with Crippen LogP contribution < -0.4 is 5.32 Å². The minimum atomic E-state index is -0.233. The lowest BCUT2D eigenvalue weighted by Gasteiger charge is -2.40. The highest BCUT2D eigenvalue weighted by atomic mass is 16.6. The third-order valence-corrected chi connectivity index (χ3v) is 3.33. The molecule has 0 aromatic heterocycles. The van der Waals surface area contributed by atoms with E-state index < -0.39 is 0 Å². The predicted molar refractivity (Wildman–Crippen MR) is 44.8 cm³/mol. The van der Waals surface area contributed by atoms with E-state index in [1.165, 1.54) is 19.3 Å². The molecule has 0 aromatic rings. The number of carbonyl (C=O) groups excluding carboxylic acids is 1. The zero-order valence-corrected chi connectivity index (χ0v) is 7.43. The lowest BCUT2D eigenvalue weighted by atomic mass is 9.70. The summed E-state index contributed by atoms with van der Waals surface area (Å²) in [6, 6.07) is 0. The third-order valence-electron chi connectivity index (χ3n) is 3.33. The van der Waals surface area contributed by atoms with Gasteiger partial charge in [0.25, 0.3) is 0 Å². The van der Waals surface area contributed by atoms with Gasteiger partial charge in [0, 0.05) is 0 Å². The van der Waals surface area contributed by atoms with Gasteiger partial charge in [0.05, 0.1) is 5.54 Å². The van der Waals surface area contributed by atoms with E-state index in [1.807, 2.05) is 0 Å². The average molecular weight is 169 g/mol. The van der Waals surface area contributed by atoms with E-state index in [4.69, 9.17) is 4.74 Å². The van der Waals surface area contributed by atoms with Crippen LogP contribution in [-0.4, -0.2) is 18.2 Å². The van der Waals surface area contributed by atoms with Gasteiger partial charge in [-0.25, -0.2) is 4.79 Å². The molecule has 2 aliphatic rings. The Morgan fingerprint density at radius 3 is 2.75 bits per heavy atom. The molecule has 3 heteroatoms. The highest BCUT2D eigenvalue weighted by Gasteiger charge is 2.46. The SMILES string of the molecule is CCC1(C2CCC2)COC(=O)N1. The maximum atomic E-state index is 10.9. The lowest BCUT2D eigenvalue weighted by Crippen LogP contribution is -2.51. The summed E-state index contributed by atoms with van der Waals surface area (Å²) in [7, 11) is 0. The van der Waals surface area contributed by atoms with Crippen molar-refractivity contribution >= 4 is 6.09 Å². The van der Waals surface area contributed by atoms with Crippen molar-refractivity contribution in [3.8, 4) is 0 Å². The first-order valence-electron chi connectivity index (χ1n) is 4.72. The van der Waals surface area contributed by atoms with Crippen molar-refractivity contribution in [2.24, 2.45) is 5.92 Å². The molecule has 1 amide bonds. The summed E-state index contributed by atoms with van der Waals surface area (Å²) in [6.45, 7) is 2.69. The molecule has 12 heavy (non-hydrogen) atoms. The molecule has 1 unspecified atom stereocenters. The van der Waals surface area contributed by atoms with Crippen LogP contribution in [0, 0.1) is 5.92 Å². The Bertz CT molecular complexity index is 201. The van der Waals surface area contributed by atoms with Crippen LogP contribution in [0.3, 0.4) is 0 Å². The molecule has 1 N–H and O–H groups in total. The van der Waals surface area contributed by atoms with Gasteiger partial charge in [-0.3, -0.25) is 0 Å². The highest BCUT2D eigenvalue weighted by Crippen LogP contribution is 2.40. The second-order valence-electron chi connectivity index (χ2n) is 3.84. The van der Waals surface area contributed by atoms with Gasteiger partial charge in [0.15, 0.2) is 0 Å². The molecule has 0 spiro atoms. The van der Waals surface area contributed by atoms with E-state index in [0.29, 0.717) is 12.5 Å². The number of carbonyl (C=O) groups is 1. The van der Waals surface area contributed by atoms with Crippen LogP contribution >= 0.6 is 0 Å². The van der Waals surface area contributed by atoms with Crippen LogP contribution in [0.2, 0.25) is 0 Å². The molecule has 1 atom stereocenters. The maximum Gasteiger partial charge on any atom is 0.407 e. The first kappa shape index (κ1) is 7.90. The van der Waals surface area contributed by atoms with E-state index in [2.05, 4.69) is 12.2 Å². The predicted octanol–water partition coefficient (Wildman–Crippen LogP) is 1.68. The molecular weight excluding hydrogens is 154 g/mol. The topological polar surface area (TPSA) is 38.3 Å². The molecule has 0 aromatic carbocycles. The Morgan fingerprint density at radius 1 is 1.67 bits per heavy atom. The maximum absolute atomic E-state index is 10.9. The number of alkyl carbamates (subject to hydrolysis) is 1. The van der Waals surface area contributed by atoms with E-state index in [-0.39, 0.29) is 11.6 Å². The van der Waals surface area contributed by atoms with Crippen LogP contribution in [0.5, 0.6) is 0 Å². The number of cyclic esters (lactones) is 1. The van der Waals surface area contributed by atoms with Crippen molar-refractivity contribution in [3.63, 3.8) is 0 Å². The minimum Gasteiger partial charge on any atom is -0.447 e. The molecular formula is C9H15NO2. The second kappa shape index (κ2) is 2.64. The molecule has 1 saturated carbocycles. The van der Waals surface area contributed by atoms with Gasteiger partial charge in [-0.1, -0.05) is 13.3 Å². The van der Waals surface area contributed by atoms with E-state index in [0.717, 1.165) is 6.42 Å². The minimum absolute atomic E-state index is 0.0185. The molecule has 68 valence electrons. The molecule has 2 fully saturated rings. The number of hydrogen-bond acceptors (Lipinski definition) is 2. The van der Waals surface area contributed by atoms with Crippen LogP contribution in [0.1, 0.15) is 32.6 Å².